The Morgan fingerprint density at radius 2 is 2.20 bits per heavy atom. The van der Waals surface area contributed by atoms with Crippen LogP contribution in [-0.4, -0.2) is 12.5 Å². The van der Waals surface area contributed by atoms with Crippen LogP contribution in [0.4, 0.5) is 5.69 Å². The molecule has 0 aliphatic carbocycles. The summed E-state index contributed by atoms with van der Waals surface area (Å²) in [6, 6.07) is 7.55. The summed E-state index contributed by atoms with van der Waals surface area (Å²) in [5, 5.41) is 2.83. The number of unbranched alkanes of at least 4 members (excludes halogenated alkanes) is 1. The van der Waals surface area contributed by atoms with E-state index in [1.165, 1.54) is 0 Å². The lowest BCUT2D eigenvalue weighted by atomic mass is 10.2. The molecule has 1 amide bonds. The fraction of sp³-hybridized carbons (Fsp3) is 0.364. The predicted octanol–water partition coefficient (Wildman–Crippen LogP) is 2.52. The van der Waals surface area contributed by atoms with Gasteiger partial charge in [0.2, 0.25) is 5.91 Å². The van der Waals surface area contributed by atoms with E-state index in [0.29, 0.717) is 13.0 Å². The molecule has 3 nitrogen and oxygen atoms in total. The molecule has 0 heterocycles. The van der Waals surface area contributed by atoms with Crippen LogP contribution in [0.25, 0.3) is 0 Å². The molecule has 0 atom stereocenters. The Morgan fingerprint density at radius 1 is 1.40 bits per heavy atom. The van der Waals surface area contributed by atoms with E-state index in [-0.39, 0.29) is 5.91 Å². The number of anilines is 1. The van der Waals surface area contributed by atoms with Gasteiger partial charge in [0.25, 0.3) is 0 Å². The minimum absolute atomic E-state index is 0.0431. The van der Waals surface area contributed by atoms with Crippen LogP contribution in [-0.2, 0) is 4.79 Å². The van der Waals surface area contributed by atoms with E-state index in [1.54, 1.807) is 0 Å². The lowest BCUT2D eigenvalue weighted by Gasteiger charge is -2.04. The maximum atomic E-state index is 11.4. The molecule has 0 unspecified atom stereocenters. The van der Waals surface area contributed by atoms with Crippen LogP contribution in [0.5, 0.6) is 0 Å². The number of rotatable bonds is 5. The zero-order chi connectivity index (χ0) is 11.1. The van der Waals surface area contributed by atoms with Crippen molar-refractivity contribution < 1.29 is 4.79 Å². The fourth-order valence-electron chi connectivity index (χ4n) is 1.22. The number of amides is 1. The summed E-state index contributed by atoms with van der Waals surface area (Å²) in [7, 11) is 0. The van der Waals surface area contributed by atoms with Gasteiger partial charge in [-0.05, 0) is 37.6 Å². The number of benzene rings is 1. The van der Waals surface area contributed by atoms with Crippen LogP contribution in [0, 0.1) is 0 Å². The van der Waals surface area contributed by atoms with Crippen molar-refractivity contribution in [3.63, 3.8) is 0 Å². The van der Waals surface area contributed by atoms with Gasteiger partial charge in [0.05, 0.1) is 0 Å². The molecule has 0 fully saturated rings. The molecule has 0 radical (unpaired) electrons. The van der Waals surface area contributed by atoms with E-state index in [2.05, 4.69) is 21.2 Å². The molecule has 4 heteroatoms. The van der Waals surface area contributed by atoms with E-state index < -0.39 is 0 Å². The molecule has 15 heavy (non-hydrogen) atoms. The number of halogens is 1. The van der Waals surface area contributed by atoms with Crippen molar-refractivity contribution in [3.8, 4) is 0 Å². The molecule has 1 aromatic carbocycles. The SMILES string of the molecule is NCCCCC(=O)Nc1cccc(Br)c1. The Bertz CT molecular complexity index is 328. The maximum Gasteiger partial charge on any atom is 0.224 e. The topological polar surface area (TPSA) is 55.1 Å². The molecule has 0 saturated carbocycles. The summed E-state index contributed by atoms with van der Waals surface area (Å²) in [6.45, 7) is 0.643. The molecular formula is C11H15BrN2O. The van der Waals surface area contributed by atoms with Gasteiger partial charge in [-0.3, -0.25) is 4.79 Å². The molecule has 1 aromatic rings. The first-order valence-corrected chi connectivity index (χ1v) is 5.77. The average Bonchev–Trinajstić information content (AvgIpc) is 2.18. The van der Waals surface area contributed by atoms with Gasteiger partial charge in [-0.2, -0.15) is 0 Å². The number of hydrogen-bond donors (Lipinski definition) is 2. The number of nitrogens with two attached hydrogens (primary N) is 1. The highest BCUT2D eigenvalue weighted by atomic mass is 79.9. The van der Waals surface area contributed by atoms with E-state index in [1.807, 2.05) is 24.3 Å². The van der Waals surface area contributed by atoms with Gasteiger partial charge in [-0.1, -0.05) is 22.0 Å². The van der Waals surface area contributed by atoms with Crippen LogP contribution >= 0.6 is 15.9 Å². The summed E-state index contributed by atoms with van der Waals surface area (Å²) < 4.78 is 0.960. The van der Waals surface area contributed by atoms with Crippen LogP contribution in [0.2, 0.25) is 0 Å². The summed E-state index contributed by atoms with van der Waals surface area (Å²) in [6.07, 6.45) is 2.27. The standard InChI is InChI=1S/C11H15BrN2O/c12-9-4-3-5-10(8-9)14-11(15)6-1-2-7-13/h3-5,8H,1-2,6-7,13H2,(H,14,15). The highest BCUT2D eigenvalue weighted by molar-refractivity contribution is 9.10. The van der Waals surface area contributed by atoms with E-state index in [0.717, 1.165) is 23.0 Å². The highest BCUT2D eigenvalue weighted by Crippen LogP contribution is 2.15. The fourth-order valence-corrected chi connectivity index (χ4v) is 1.62. The van der Waals surface area contributed by atoms with Crippen molar-refractivity contribution in [1.29, 1.82) is 0 Å². The zero-order valence-electron chi connectivity index (χ0n) is 8.50. The molecular weight excluding hydrogens is 256 g/mol. The highest BCUT2D eigenvalue weighted by Gasteiger charge is 2.01. The molecule has 3 N–H and O–H groups in total. The van der Waals surface area contributed by atoms with Gasteiger partial charge in [-0.25, -0.2) is 0 Å². The molecule has 0 saturated heterocycles. The third-order valence-corrected chi connectivity index (χ3v) is 2.46. The predicted molar refractivity (Wildman–Crippen MR) is 65.7 cm³/mol. The minimum Gasteiger partial charge on any atom is -0.330 e. The summed E-state index contributed by atoms with van der Waals surface area (Å²) >= 11 is 3.35. The molecule has 0 aromatic heterocycles. The van der Waals surface area contributed by atoms with Crippen LogP contribution in [0.3, 0.4) is 0 Å². The first-order valence-electron chi connectivity index (χ1n) is 4.98. The van der Waals surface area contributed by atoms with Gasteiger partial charge in [-0.15, -0.1) is 0 Å². The van der Waals surface area contributed by atoms with Crippen LogP contribution in [0.15, 0.2) is 28.7 Å². The Hall–Kier alpha value is -0.870. The first kappa shape index (κ1) is 12.2. The number of hydrogen-bond acceptors (Lipinski definition) is 2. The lowest BCUT2D eigenvalue weighted by Crippen LogP contribution is -2.11. The number of nitrogens with one attached hydrogen (secondary N) is 1. The van der Waals surface area contributed by atoms with Crippen molar-refractivity contribution in [1.82, 2.24) is 0 Å². The molecule has 0 aliphatic heterocycles. The van der Waals surface area contributed by atoms with E-state index in [9.17, 15) is 4.79 Å². The number of carbonyl (C=O) groups excluding carboxylic acids is 1. The Labute approximate surface area is 98.2 Å². The van der Waals surface area contributed by atoms with E-state index >= 15 is 0 Å². The Balaban J connectivity index is 2.37. The second-order valence-electron chi connectivity index (χ2n) is 3.30. The smallest absolute Gasteiger partial charge is 0.224 e. The zero-order valence-corrected chi connectivity index (χ0v) is 10.1. The maximum absolute atomic E-state index is 11.4. The molecule has 0 bridgehead atoms. The van der Waals surface area contributed by atoms with Crippen LogP contribution < -0.4 is 11.1 Å². The second-order valence-corrected chi connectivity index (χ2v) is 4.22. The average molecular weight is 271 g/mol. The van der Waals surface area contributed by atoms with Gasteiger partial charge in [0, 0.05) is 16.6 Å². The first-order chi connectivity index (χ1) is 7.22. The largest absolute Gasteiger partial charge is 0.330 e. The Morgan fingerprint density at radius 3 is 2.87 bits per heavy atom. The van der Waals surface area contributed by atoms with Crippen molar-refractivity contribution >= 4 is 27.5 Å². The minimum atomic E-state index is 0.0431. The molecule has 0 spiro atoms. The van der Waals surface area contributed by atoms with Gasteiger partial charge in [0.1, 0.15) is 0 Å². The second kappa shape index (κ2) is 6.58. The molecule has 1 rings (SSSR count). The van der Waals surface area contributed by atoms with Gasteiger partial charge in [0.15, 0.2) is 0 Å². The normalized spacial score (nSPS) is 10.0. The Kier molecular flexibility index (Phi) is 5.36. The van der Waals surface area contributed by atoms with Crippen LogP contribution in [0.1, 0.15) is 19.3 Å². The third-order valence-electron chi connectivity index (χ3n) is 1.97. The third kappa shape index (κ3) is 4.95. The van der Waals surface area contributed by atoms with Crippen molar-refractivity contribution in [2.75, 3.05) is 11.9 Å². The molecule has 82 valence electrons. The van der Waals surface area contributed by atoms with Crippen molar-refractivity contribution in [2.24, 2.45) is 5.73 Å². The summed E-state index contributed by atoms with van der Waals surface area (Å²) in [5.41, 5.74) is 6.17. The van der Waals surface area contributed by atoms with Crippen molar-refractivity contribution in [3.05, 3.63) is 28.7 Å². The van der Waals surface area contributed by atoms with Gasteiger partial charge >= 0.3 is 0 Å². The number of carbonyl (C=O) groups is 1. The quantitative estimate of drug-likeness (QED) is 0.808. The van der Waals surface area contributed by atoms with Crippen molar-refractivity contribution in [2.45, 2.75) is 19.3 Å². The molecule has 0 aliphatic rings. The van der Waals surface area contributed by atoms with Gasteiger partial charge < -0.3 is 11.1 Å². The summed E-state index contributed by atoms with van der Waals surface area (Å²) in [5.74, 6) is 0.0431. The lowest BCUT2D eigenvalue weighted by molar-refractivity contribution is -0.116. The van der Waals surface area contributed by atoms with E-state index in [4.69, 9.17) is 5.73 Å². The monoisotopic (exact) mass is 270 g/mol. The summed E-state index contributed by atoms with van der Waals surface area (Å²) in [4.78, 5) is 11.4.